The van der Waals surface area contributed by atoms with Crippen LogP contribution in [0.4, 0.5) is 5.69 Å². The van der Waals surface area contributed by atoms with Crippen molar-refractivity contribution in [2.45, 2.75) is 25.8 Å². The van der Waals surface area contributed by atoms with Gasteiger partial charge in [-0.1, -0.05) is 12.1 Å². The molecule has 0 saturated carbocycles. The molecule has 0 radical (unpaired) electrons. The van der Waals surface area contributed by atoms with E-state index >= 15 is 0 Å². The number of rotatable bonds is 6. The minimum absolute atomic E-state index is 0.0819. The van der Waals surface area contributed by atoms with Crippen molar-refractivity contribution in [3.05, 3.63) is 29.3 Å². The summed E-state index contributed by atoms with van der Waals surface area (Å²) in [6.07, 6.45) is 2.36. The Kier molecular flexibility index (Phi) is 4.33. The number of hydrogen-bond donors (Lipinski definition) is 2. The quantitative estimate of drug-likeness (QED) is 0.748. The zero-order chi connectivity index (χ0) is 13.0. The highest BCUT2D eigenvalue weighted by molar-refractivity contribution is 5.99. The van der Waals surface area contributed by atoms with Crippen LogP contribution in [-0.4, -0.2) is 36.1 Å². The molecule has 4 nitrogen and oxygen atoms in total. The number of unbranched alkanes of at least 4 members (excludes halogenated alkanes) is 1. The number of anilines is 1. The monoisotopic (exact) mass is 248 g/mol. The van der Waals surface area contributed by atoms with Crippen molar-refractivity contribution in [1.29, 1.82) is 0 Å². The minimum atomic E-state index is 0.0819. The van der Waals surface area contributed by atoms with E-state index in [1.807, 2.05) is 6.07 Å². The van der Waals surface area contributed by atoms with E-state index in [0.29, 0.717) is 6.42 Å². The molecule has 1 aromatic carbocycles. The molecular formula is C14H20N2O2. The Morgan fingerprint density at radius 1 is 1.39 bits per heavy atom. The Morgan fingerprint density at radius 3 is 3.00 bits per heavy atom. The highest BCUT2D eigenvalue weighted by atomic mass is 16.2. The molecule has 98 valence electrons. The lowest BCUT2D eigenvalue weighted by molar-refractivity contribution is -0.115. The van der Waals surface area contributed by atoms with Crippen molar-refractivity contribution in [1.82, 2.24) is 4.90 Å². The lowest BCUT2D eigenvalue weighted by atomic mass is 10.1. The first-order valence-electron chi connectivity index (χ1n) is 6.40. The van der Waals surface area contributed by atoms with Crippen LogP contribution in [-0.2, 0) is 17.8 Å². The van der Waals surface area contributed by atoms with E-state index in [9.17, 15) is 4.79 Å². The Hall–Kier alpha value is -1.39. The first-order valence-corrected chi connectivity index (χ1v) is 6.40. The summed E-state index contributed by atoms with van der Waals surface area (Å²) >= 11 is 0. The van der Waals surface area contributed by atoms with Gasteiger partial charge in [-0.3, -0.25) is 4.79 Å². The zero-order valence-corrected chi connectivity index (χ0v) is 10.8. The van der Waals surface area contributed by atoms with Crippen LogP contribution in [0.15, 0.2) is 18.2 Å². The summed E-state index contributed by atoms with van der Waals surface area (Å²) in [5, 5.41) is 11.6. The molecule has 0 fully saturated rings. The third-order valence-corrected chi connectivity index (χ3v) is 3.20. The maximum absolute atomic E-state index is 11.3. The Labute approximate surface area is 108 Å². The molecule has 0 aliphatic carbocycles. The molecule has 1 heterocycles. The number of carbonyl (C=O) groups excluding carboxylic acids is 1. The summed E-state index contributed by atoms with van der Waals surface area (Å²) < 4.78 is 0. The van der Waals surface area contributed by atoms with Crippen molar-refractivity contribution in [2.75, 3.05) is 25.5 Å². The van der Waals surface area contributed by atoms with Gasteiger partial charge in [0.05, 0.1) is 6.42 Å². The molecule has 2 rings (SSSR count). The van der Waals surface area contributed by atoms with Crippen LogP contribution in [0.3, 0.4) is 0 Å². The average molecular weight is 248 g/mol. The van der Waals surface area contributed by atoms with Crippen LogP contribution in [0.25, 0.3) is 0 Å². The molecule has 18 heavy (non-hydrogen) atoms. The van der Waals surface area contributed by atoms with E-state index in [2.05, 4.69) is 29.4 Å². The fourth-order valence-electron chi connectivity index (χ4n) is 2.27. The number of aliphatic hydroxyl groups excluding tert-OH is 1. The van der Waals surface area contributed by atoms with Crippen LogP contribution in [0.5, 0.6) is 0 Å². The van der Waals surface area contributed by atoms with E-state index in [0.717, 1.165) is 37.2 Å². The van der Waals surface area contributed by atoms with Gasteiger partial charge >= 0.3 is 0 Å². The summed E-state index contributed by atoms with van der Waals surface area (Å²) in [6.45, 7) is 2.13. The van der Waals surface area contributed by atoms with Gasteiger partial charge < -0.3 is 15.3 Å². The Balaban J connectivity index is 1.90. The lowest BCUT2D eigenvalue weighted by Crippen LogP contribution is -2.19. The normalized spacial score (nSPS) is 13.8. The van der Waals surface area contributed by atoms with Gasteiger partial charge in [-0.25, -0.2) is 0 Å². The van der Waals surface area contributed by atoms with Crippen LogP contribution in [0, 0.1) is 0 Å². The van der Waals surface area contributed by atoms with Gasteiger partial charge in [0.2, 0.25) is 5.91 Å². The van der Waals surface area contributed by atoms with Crippen molar-refractivity contribution in [3.63, 3.8) is 0 Å². The first kappa shape index (κ1) is 13.1. The number of aliphatic hydroxyl groups is 1. The summed E-state index contributed by atoms with van der Waals surface area (Å²) in [5.74, 6) is 0.0819. The van der Waals surface area contributed by atoms with Crippen molar-refractivity contribution in [2.24, 2.45) is 0 Å². The number of nitrogens with one attached hydrogen (secondary N) is 1. The summed E-state index contributed by atoms with van der Waals surface area (Å²) in [6, 6.07) is 6.15. The predicted molar refractivity (Wildman–Crippen MR) is 71.4 cm³/mol. The topological polar surface area (TPSA) is 52.6 Å². The van der Waals surface area contributed by atoms with Crippen LogP contribution >= 0.6 is 0 Å². The number of benzene rings is 1. The summed E-state index contributed by atoms with van der Waals surface area (Å²) in [4.78, 5) is 13.5. The SMILES string of the molecule is CN(CCCCO)Cc1ccc2c(c1)CC(=O)N2. The van der Waals surface area contributed by atoms with E-state index in [1.165, 1.54) is 5.56 Å². The Bertz CT molecular complexity index is 432. The molecule has 0 saturated heterocycles. The fourth-order valence-corrected chi connectivity index (χ4v) is 2.27. The zero-order valence-electron chi connectivity index (χ0n) is 10.8. The van der Waals surface area contributed by atoms with E-state index in [4.69, 9.17) is 5.11 Å². The van der Waals surface area contributed by atoms with Crippen molar-refractivity contribution < 1.29 is 9.90 Å². The second kappa shape index (κ2) is 5.98. The lowest BCUT2D eigenvalue weighted by Gasteiger charge is -2.16. The van der Waals surface area contributed by atoms with E-state index in [-0.39, 0.29) is 12.5 Å². The molecule has 1 aliphatic rings. The Morgan fingerprint density at radius 2 is 2.22 bits per heavy atom. The van der Waals surface area contributed by atoms with Crippen molar-refractivity contribution >= 4 is 11.6 Å². The molecular weight excluding hydrogens is 228 g/mol. The number of fused-ring (bicyclic) bond motifs is 1. The van der Waals surface area contributed by atoms with Gasteiger partial charge in [0.25, 0.3) is 0 Å². The third-order valence-electron chi connectivity index (χ3n) is 3.20. The fraction of sp³-hybridized carbons (Fsp3) is 0.500. The van der Waals surface area contributed by atoms with Gasteiger partial charge in [0.15, 0.2) is 0 Å². The highest BCUT2D eigenvalue weighted by Gasteiger charge is 2.17. The molecule has 4 heteroatoms. The minimum Gasteiger partial charge on any atom is -0.396 e. The molecule has 1 amide bonds. The predicted octanol–water partition coefficient (Wildman–Crippen LogP) is 1.39. The smallest absolute Gasteiger partial charge is 0.228 e. The molecule has 0 spiro atoms. The first-order chi connectivity index (χ1) is 8.69. The largest absolute Gasteiger partial charge is 0.396 e. The van der Waals surface area contributed by atoms with Crippen LogP contribution in [0.1, 0.15) is 24.0 Å². The summed E-state index contributed by atoms with van der Waals surface area (Å²) in [5.41, 5.74) is 3.28. The van der Waals surface area contributed by atoms with Crippen LogP contribution in [0.2, 0.25) is 0 Å². The average Bonchev–Trinajstić information content (AvgIpc) is 2.69. The van der Waals surface area contributed by atoms with Crippen molar-refractivity contribution in [3.8, 4) is 0 Å². The number of hydrogen-bond acceptors (Lipinski definition) is 3. The maximum Gasteiger partial charge on any atom is 0.228 e. The number of carbonyl (C=O) groups is 1. The number of nitrogens with zero attached hydrogens (tertiary/aromatic N) is 1. The third kappa shape index (κ3) is 3.31. The van der Waals surface area contributed by atoms with Gasteiger partial charge in [0, 0.05) is 18.8 Å². The van der Waals surface area contributed by atoms with Gasteiger partial charge in [0.1, 0.15) is 0 Å². The summed E-state index contributed by atoms with van der Waals surface area (Å²) in [7, 11) is 2.08. The van der Waals surface area contributed by atoms with Gasteiger partial charge in [-0.2, -0.15) is 0 Å². The molecule has 0 unspecified atom stereocenters. The second-order valence-electron chi connectivity index (χ2n) is 4.88. The molecule has 1 aliphatic heterocycles. The maximum atomic E-state index is 11.3. The second-order valence-corrected chi connectivity index (χ2v) is 4.88. The molecule has 1 aromatic rings. The van der Waals surface area contributed by atoms with Gasteiger partial charge in [-0.05, 0) is 43.6 Å². The molecule has 0 aromatic heterocycles. The van der Waals surface area contributed by atoms with Crippen LogP contribution < -0.4 is 5.32 Å². The van der Waals surface area contributed by atoms with E-state index < -0.39 is 0 Å². The van der Waals surface area contributed by atoms with E-state index in [1.54, 1.807) is 0 Å². The van der Waals surface area contributed by atoms with Gasteiger partial charge in [-0.15, -0.1) is 0 Å². The number of amides is 1. The molecule has 0 bridgehead atoms. The molecule has 2 N–H and O–H groups in total. The standard InChI is InChI=1S/C14H20N2O2/c1-16(6-2-3-7-17)10-11-4-5-13-12(8-11)9-14(18)15-13/h4-5,8,17H,2-3,6-7,9-10H2,1H3,(H,15,18). The molecule has 0 atom stereocenters. The highest BCUT2D eigenvalue weighted by Crippen LogP contribution is 2.24.